The van der Waals surface area contributed by atoms with Gasteiger partial charge in [0, 0.05) is 18.9 Å². The fraction of sp³-hybridized carbons (Fsp3) is 0.391. The first-order valence-electron chi connectivity index (χ1n) is 10.2. The lowest BCUT2D eigenvalue weighted by Gasteiger charge is -2.28. The van der Waals surface area contributed by atoms with Gasteiger partial charge in [-0.25, -0.2) is 4.52 Å². The van der Waals surface area contributed by atoms with Crippen molar-refractivity contribution in [2.45, 2.75) is 50.3 Å². The average molecular weight is 432 g/mol. The van der Waals surface area contributed by atoms with E-state index in [0.29, 0.717) is 16.6 Å². The fourth-order valence-corrected chi connectivity index (χ4v) is 4.43. The summed E-state index contributed by atoms with van der Waals surface area (Å²) in [5.41, 5.74) is 1.61. The van der Waals surface area contributed by atoms with Crippen LogP contribution in [0.3, 0.4) is 0 Å². The number of aliphatic carboxylic acids is 1. The van der Waals surface area contributed by atoms with E-state index < -0.39 is 17.7 Å². The first kappa shape index (κ1) is 21.4. The molecule has 1 N–H and O–H groups in total. The maximum absolute atomic E-state index is 13.8. The van der Waals surface area contributed by atoms with E-state index in [0.717, 1.165) is 37.3 Å². The van der Waals surface area contributed by atoms with Gasteiger partial charge in [0.25, 0.3) is 0 Å². The van der Waals surface area contributed by atoms with E-state index in [-0.39, 0.29) is 24.0 Å². The Labute approximate surface area is 177 Å². The molecule has 2 heterocycles. The van der Waals surface area contributed by atoms with E-state index in [1.54, 1.807) is 37.6 Å². The lowest BCUT2D eigenvalue weighted by Crippen LogP contribution is -2.19. The number of nitrogens with zero attached hydrogens (tertiary/aromatic N) is 2. The van der Waals surface area contributed by atoms with E-state index in [9.17, 15) is 18.0 Å². The number of carbonyl (C=O) groups is 1. The summed E-state index contributed by atoms with van der Waals surface area (Å²) in [4.78, 5) is 11.1. The maximum atomic E-state index is 13.8. The van der Waals surface area contributed by atoms with Gasteiger partial charge in [-0.05, 0) is 66.5 Å². The highest BCUT2D eigenvalue weighted by Crippen LogP contribution is 2.41. The first-order valence-corrected chi connectivity index (χ1v) is 10.2. The summed E-state index contributed by atoms with van der Waals surface area (Å²) in [6, 6.07) is 7.55. The molecular weight excluding hydrogens is 409 g/mol. The molecule has 31 heavy (non-hydrogen) atoms. The molecule has 5 nitrogen and oxygen atoms in total. The quantitative estimate of drug-likeness (QED) is 0.593. The Morgan fingerprint density at radius 1 is 1.19 bits per heavy atom. The molecule has 0 radical (unpaired) electrons. The third-order valence-electron chi connectivity index (χ3n) is 6.08. The van der Waals surface area contributed by atoms with Crippen LogP contribution in [0.25, 0.3) is 16.6 Å². The van der Waals surface area contributed by atoms with Gasteiger partial charge in [-0.1, -0.05) is 12.1 Å². The van der Waals surface area contributed by atoms with Crippen LogP contribution in [0, 0.1) is 0 Å². The second-order valence-electron chi connectivity index (χ2n) is 8.00. The van der Waals surface area contributed by atoms with Crippen molar-refractivity contribution < 1.29 is 27.8 Å². The molecule has 0 spiro atoms. The van der Waals surface area contributed by atoms with Crippen LogP contribution in [0.5, 0.6) is 0 Å². The van der Waals surface area contributed by atoms with E-state index >= 15 is 0 Å². The van der Waals surface area contributed by atoms with Gasteiger partial charge in [0.05, 0.1) is 29.8 Å². The molecule has 1 fully saturated rings. The third-order valence-corrected chi connectivity index (χ3v) is 6.08. The molecule has 1 aliphatic rings. The Kier molecular flexibility index (Phi) is 5.75. The molecule has 1 saturated carbocycles. The van der Waals surface area contributed by atoms with Crippen molar-refractivity contribution in [1.29, 1.82) is 0 Å². The number of hydrogen-bond acceptors (Lipinski definition) is 3. The van der Waals surface area contributed by atoms with E-state index in [1.807, 2.05) is 0 Å². The number of alkyl halides is 3. The molecule has 0 saturated heterocycles. The average Bonchev–Trinajstić information content (AvgIpc) is 3.14. The second kappa shape index (κ2) is 8.34. The van der Waals surface area contributed by atoms with E-state index in [2.05, 4.69) is 5.10 Å². The molecule has 0 bridgehead atoms. The molecule has 1 aliphatic carbocycles. The van der Waals surface area contributed by atoms with E-state index in [1.165, 1.54) is 10.7 Å². The SMILES string of the molecule is COC1CCC(c2ccc(C(F)(F)F)c(-c3ccn4ncc(CC(=O)O)c4c3)c2)CC1. The standard InChI is InChI=1S/C23H23F3N2O3/c1-31-18-5-2-14(3-6-18)15-4-7-20(23(24,25)26)19(10-15)16-8-9-28-21(11-16)17(13-27-28)12-22(29)30/h4,7-11,13-14,18H,2-3,5-6,12H2,1H3,(H,29,30). The molecule has 164 valence electrons. The number of fused-ring (bicyclic) bond motifs is 1. The van der Waals surface area contributed by atoms with E-state index in [4.69, 9.17) is 9.84 Å². The Bertz CT molecular complexity index is 1100. The van der Waals surface area contributed by atoms with Crippen LogP contribution in [-0.4, -0.2) is 33.9 Å². The Morgan fingerprint density at radius 2 is 1.94 bits per heavy atom. The lowest BCUT2D eigenvalue weighted by atomic mass is 9.81. The fourth-order valence-electron chi connectivity index (χ4n) is 4.43. The van der Waals surface area contributed by atoms with Gasteiger partial charge in [-0.2, -0.15) is 18.3 Å². The van der Waals surface area contributed by atoms with Crippen LogP contribution < -0.4 is 0 Å². The minimum Gasteiger partial charge on any atom is -0.481 e. The smallest absolute Gasteiger partial charge is 0.417 e. The summed E-state index contributed by atoms with van der Waals surface area (Å²) in [5.74, 6) is -0.835. The van der Waals surface area contributed by atoms with Crippen LogP contribution in [-0.2, 0) is 22.1 Å². The molecule has 0 atom stereocenters. The van der Waals surface area contributed by atoms with Gasteiger partial charge >= 0.3 is 12.1 Å². The highest BCUT2D eigenvalue weighted by molar-refractivity contribution is 5.78. The second-order valence-corrected chi connectivity index (χ2v) is 8.00. The Hall–Kier alpha value is -2.87. The van der Waals surface area contributed by atoms with Crippen molar-refractivity contribution in [1.82, 2.24) is 9.61 Å². The molecule has 8 heteroatoms. The van der Waals surface area contributed by atoms with Gasteiger partial charge in [0.2, 0.25) is 0 Å². The molecule has 3 aromatic rings. The predicted octanol–water partition coefficient (Wildman–Crippen LogP) is 5.32. The molecule has 0 amide bonds. The summed E-state index contributed by atoms with van der Waals surface area (Å²) in [6.07, 6.45) is 1.97. The number of aromatic nitrogens is 2. The molecule has 4 rings (SSSR count). The highest BCUT2D eigenvalue weighted by Gasteiger charge is 2.34. The van der Waals surface area contributed by atoms with Crippen LogP contribution in [0.15, 0.2) is 42.7 Å². The Balaban J connectivity index is 1.77. The number of halogens is 3. The minimum absolute atomic E-state index is 0.101. The number of ether oxygens (including phenoxy) is 1. The summed E-state index contributed by atoms with van der Waals surface area (Å²) in [6.45, 7) is 0. The molecule has 0 unspecified atom stereocenters. The van der Waals surface area contributed by atoms with Gasteiger partial charge in [-0.15, -0.1) is 0 Å². The number of carboxylic acids is 1. The van der Waals surface area contributed by atoms with Crippen molar-refractivity contribution in [3.8, 4) is 11.1 Å². The monoisotopic (exact) mass is 432 g/mol. The number of methoxy groups -OCH3 is 1. The number of benzene rings is 1. The van der Waals surface area contributed by atoms with Gasteiger partial charge < -0.3 is 9.84 Å². The van der Waals surface area contributed by atoms with Gasteiger partial charge in [0.15, 0.2) is 0 Å². The summed E-state index contributed by atoms with van der Waals surface area (Å²) < 4.78 is 48.3. The zero-order valence-corrected chi connectivity index (χ0v) is 17.0. The number of carboxylic acid groups (broad SMARTS) is 1. The molecule has 2 aromatic heterocycles. The number of pyridine rings is 1. The van der Waals surface area contributed by atoms with Crippen LogP contribution >= 0.6 is 0 Å². The largest absolute Gasteiger partial charge is 0.481 e. The zero-order chi connectivity index (χ0) is 22.2. The molecular formula is C23H23F3N2O3. The summed E-state index contributed by atoms with van der Waals surface area (Å²) in [5, 5.41) is 13.2. The number of hydrogen-bond donors (Lipinski definition) is 1. The molecule has 1 aromatic carbocycles. The summed E-state index contributed by atoms with van der Waals surface area (Å²) in [7, 11) is 1.69. The highest BCUT2D eigenvalue weighted by atomic mass is 19.4. The Morgan fingerprint density at radius 3 is 2.58 bits per heavy atom. The number of rotatable bonds is 5. The lowest BCUT2D eigenvalue weighted by molar-refractivity contribution is -0.137. The predicted molar refractivity (Wildman–Crippen MR) is 109 cm³/mol. The minimum atomic E-state index is -4.50. The van der Waals surface area contributed by atoms with Crippen LogP contribution in [0.1, 0.15) is 48.3 Å². The van der Waals surface area contributed by atoms with Crippen molar-refractivity contribution in [2.75, 3.05) is 7.11 Å². The van der Waals surface area contributed by atoms with Gasteiger partial charge in [0.1, 0.15) is 0 Å². The van der Waals surface area contributed by atoms with Crippen molar-refractivity contribution in [3.05, 3.63) is 59.4 Å². The van der Waals surface area contributed by atoms with Crippen molar-refractivity contribution >= 4 is 11.5 Å². The van der Waals surface area contributed by atoms with Crippen LogP contribution in [0.4, 0.5) is 13.2 Å². The maximum Gasteiger partial charge on any atom is 0.417 e. The first-order chi connectivity index (χ1) is 14.8. The van der Waals surface area contributed by atoms with Crippen LogP contribution in [0.2, 0.25) is 0 Å². The van der Waals surface area contributed by atoms with Crippen molar-refractivity contribution in [3.63, 3.8) is 0 Å². The van der Waals surface area contributed by atoms with Gasteiger partial charge in [-0.3, -0.25) is 4.79 Å². The topological polar surface area (TPSA) is 63.8 Å². The molecule has 0 aliphatic heterocycles. The van der Waals surface area contributed by atoms with Crippen molar-refractivity contribution in [2.24, 2.45) is 0 Å². The normalized spacial score (nSPS) is 19.6. The third kappa shape index (κ3) is 4.44. The summed E-state index contributed by atoms with van der Waals surface area (Å²) >= 11 is 0. The zero-order valence-electron chi connectivity index (χ0n) is 17.0.